The first-order valence-electron chi connectivity index (χ1n) is 6.90. The van der Waals surface area contributed by atoms with Crippen LogP contribution in [0.2, 0.25) is 0 Å². The molecule has 1 radical (unpaired) electrons. The Morgan fingerprint density at radius 2 is 1.71 bits per heavy atom. The van der Waals surface area contributed by atoms with Crippen molar-refractivity contribution < 1.29 is 4.74 Å². The van der Waals surface area contributed by atoms with Gasteiger partial charge in [0, 0.05) is 13.5 Å². The van der Waals surface area contributed by atoms with Crippen molar-refractivity contribution in [2.75, 3.05) is 7.11 Å². The van der Waals surface area contributed by atoms with Gasteiger partial charge in [0.1, 0.15) is 6.10 Å². The molecule has 17 heavy (non-hydrogen) atoms. The summed E-state index contributed by atoms with van der Waals surface area (Å²) in [6.07, 6.45) is 7.34. The average molecular weight is 237 g/mol. The maximum absolute atomic E-state index is 5.09. The summed E-state index contributed by atoms with van der Waals surface area (Å²) in [4.78, 5) is 0. The molecule has 1 nitrogen and oxygen atoms in total. The van der Waals surface area contributed by atoms with Crippen LogP contribution in [0.5, 0.6) is 0 Å². The van der Waals surface area contributed by atoms with Crippen LogP contribution in [-0.4, -0.2) is 13.2 Å². The van der Waals surface area contributed by atoms with Crippen molar-refractivity contribution in [2.24, 2.45) is 11.8 Å². The first-order chi connectivity index (χ1) is 8.10. The van der Waals surface area contributed by atoms with E-state index in [1.54, 1.807) is 7.11 Å². The van der Waals surface area contributed by atoms with Crippen LogP contribution < -0.4 is 0 Å². The van der Waals surface area contributed by atoms with Gasteiger partial charge >= 0.3 is 0 Å². The highest BCUT2D eigenvalue weighted by molar-refractivity contribution is 5.04. The lowest BCUT2D eigenvalue weighted by Gasteiger charge is -2.11. The van der Waals surface area contributed by atoms with Gasteiger partial charge in [-0.3, -0.25) is 0 Å². The van der Waals surface area contributed by atoms with Gasteiger partial charge in [0.2, 0.25) is 0 Å². The molecule has 0 aliphatic heterocycles. The SMILES string of the molecule is [CH2]CCC(C)CCCC(C)CC#CC(C)OC. The van der Waals surface area contributed by atoms with E-state index >= 15 is 0 Å². The van der Waals surface area contributed by atoms with Gasteiger partial charge in [-0.15, -0.1) is 5.92 Å². The fraction of sp³-hybridized carbons (Fsp3) is 0.812. The van der Waals surface area contributed by atoms with Gasteiger partial charge in [-0.25, -0.2) is 0 Å². The summed E-state index contributed by atoms with van der Waals surface area (Å²) in [6, 6.07) is 0. The van der Waals surface area contributed by atoms with Crippen LogP contribution in [0.3, 0.4) is 0 Å². The fourth-order valence-corrected chi connectivity index (χ4v) is 1.85. The summed E-state index contributed by atoms with van der Waals surface area (Å²) in [7, 11) is 1.70. The molecule has 99 valence electrons. The molecule has 0 aliphatic rings. The Morgan fingerprint density at radius 1 is 1.06 bits per heavy atom. The second kappa shape index (κ2) is 10.7. The van der Waals surface area contributed by atoms with E-state index in [0.717, 1.165) is 18.8 Å². The molecular formula is C16H29O. The van der Waals surface area contributed by atoms with E-state index < -0.39 is 0 Å². The third kappa shape index (κ3) is 10.4. The van der Waals surface area contributed by atoms with E-state index in [-0.39, 0.29) is 6.10 Å². The van der Waals surface area contributed by atoms with Gasteiger partial charge < -0.3 is 4.74 Å². The van der Waals surface area contributed by atoms with Crippen molar-refractivity contribution in [3.63, 3.8) is 0 Å². The van der Waals surface area contributed by atoms with Crippen LogP contribution in [-0.2, 0) is 4.74 Å². The Balaban J connectivity index is 3.58. The second-order valence-corrected chi connectivity index (χ2v) is 5.19. The molecule has 0 fully saturated rings. The highest BCUT2D eigenvalue weighted by Crippen LogP contribution is 2.17. The highest BCUT2D eigenvalue weighted by atomic mass is 16.5. The van der Waals surface area contributed by atoms with Crippen LogP contribution in [0.1, 0.15) is 59.3 Å². The predicted molar refractivity (Wildman–Crippen MR) is 75.6 cm³/mol. The third-order valence-corrected chi connectivity index (χ3v) is 3.20. The van der Waals surface area contributed by atoms with Crippen molar-refractivity contribution in [2.45, 2.75) is 65.4 Å². The Morgan fingerprint density at radius 3 is 2.29 bits per heavy atom. The van der Waals surface area contributed by atoms with Gasteiger partial charge in [-0.1, -0.05) is 52.4 Å². The zero-order valence-corrected chi connectivity index (χ0v) is 12.1. The van der Waals surface area contributed by atoms with Crippen molar-refractivity contribution in [3.05, 3.63) is 6.92 Å². The molecular weight excluding hydrogens is 208 g/mol. The first-order valence-corrected chi connectivity index (χ1v) is 6.90. The van der Waals surface area contributed by atoms with E-state index in [4.69, 9.17) is 4.74 Å². The topological polar surface area (TPSA) is 9.23 Å². The fourth-order valence-electron chi connectivity index (χ4n) is 1.85. The maximum Gasteiger partial charge on any atom is 0.115 e. The lowest BCUT2D eigenvalue weighted by Crippen LogP contribution is -2.01. The molecule has 3 unspecified atom stereocenters. The minimum absolute atomic E-state index is 0.0688. The Hall–Kier alpha value is -0.480. The van der Waals surface area contributed by atoms with Crippen molar-refractivity contribution in [3.8, 4) is 11.8 Å². The lowest BCUT2D eigenvalue weighted by atomic mass is 9.94. The van der Waals surface area contributed by atoms with Crippen molar-refractivity contribution in [1.29, 1.82) is 0 Å². The van der Waals surface area contributed by atoms with Gasteiger partial charge in [0.15, 0.2) is 0 Å². The largest absolute Gasteiger partial charge is 0.369 e. The number of hydrogen-bond acceptors (Lipinski definition) is 1. The summed E-state index contributed by atoms with van der Waals surface area (Å²) in [5, 5.41) is 0. The smallest absolute Gasteiger partial charge is 0.115 e. The maximum atomic E-state index is 5.09. The zero-order chi connectivity index (χ0) is 13.1. The van der Waals surface area contributed by atoms with E-state index in [0.29, 0.717) is 5.92 Å². The van der Waals surface area contributed by atoms with Gasteiger partial charge in [-0.2, -0.15) is 0 Å². The zero-order valence-electron chi connectivity index (χ0n) is 12.1. The predicted octanol–water partition coefficient (Wildman–Crippen LogP) is 4.47. The molecule has 1 heteroatoms. The standard InChI is InChI=1S/C16H29O/c1-6-9-14(2)10-7-11-15(3)12-8-13-16(4)17-5/h14-16H,1,6-7,9-12H2,2-5H3. The van der Waals surface area contributed by atoms with Crippen LogP contribution in [0.4, 0.5) is 0 Å². The molecule has 0 rings (SSSR count). The molecule has 0 amide bonds. The van der Waals surface area contributed by atoms with Crippen LogP contribution in [0.25, 0.3) is 0 Å². The minimum Gasteiger partial charge on any atom is -0.369 e. The molecule has 0 aromatic carbocycles. The minimum atomic E-state index is 0.0688. The molecule has 0 aliphatic carbocycles. The molecule has 0 heterocycles. The molecule has 0 bridgehead atoms. The van der Waals surface area contributed by atoms with Crippen molar-refractivity contribution in [1.82, 2.24) is 0 Å². The molecule has 0 saturated heterocycles. The van der Waals surface area contributed by atoms with Crippen molar-refractivity contribution >= 4 is 0 Å². The first kappa shape index (κ1) is 16.5. The van der Waals surface area contributed by atoms with Crippen LogP contribution >= 0.6 is 0 Å². The van der Waals surface area contributed by atoms with E-state index in [9.17, 15) is 0 Å². The summed E-state index contributed by atoms with van der Waals surface area (Å²) < 4.78 is 5.09. The highest BCUT2D eigenvalue weighted by Gasteiger charge is 2.04. The average Bonchev–Trinajstić information content (AvgIpc) is 2.29. The number of methoxy groups -OCH3 is 1. The molecule has 0 aromatic heterocycles. The monoisotopic (exact) mass is 237 g/mol. The Kier molecular flexibility index (Phi) is 10.4. The van der Waals surface area contributed by atoms with E-state index in [1.165, 1.54) is 25.7 Å². The molecule has 0 aromatic rings. The van der Waals surface area contributed by atoms with Gasteiger partial charge in [0.25, 0.3) is 0 Å². The summed E-state index contributed by atoms with van der Waals surface area (Å²) >= 11 is 0. The van der Waals surface area contributed by atoms with Crippen LogP contribution in [0.15, 0.2) is 0 Å². The van der Waals surface area contributed by atoms with Gasteiger partial charge in [-0.05, 0) is 25.2 Å². The number of hydrogen-bond donors (Lipinski definition) is 0. The van der Waals surface area contributed by atoms with E-state index in [2.05, 4.69) is 32.6 Å². The second-order valence-electron chi connectivity index (χ2n) is 5.19. The Bertz CT molecular complexity index is 223. The lowest BCUT2D eigenvalue weighted by molar-refractivity contribution is 0.163. The molecule has 0 saturated carbocycles. The Labute approximate surface area is 108 Å². The summed E-state index contributed by atoms with van der Waals surface area (Å²) in [5.74, 6) is 7.86. The van der Waals surface area contributed by atoms with Crippen LogP contribution in [0, 0.1) is 30.6 Å². The molecule has 0 spiro atoms. The summed E-state index contributed by atoms with van der Waals surface area (Å²) in [6.45, 7) is 10.5. The molecule has 0 N–H and O–H groups in total. The van der Waals surface area contributed by atoms with Gasteiger partial charge in [0.05, 0.1) is 0 Å². The summed E-state index contributed by atoms with van der Waals surface area (Å²) in [5.41, 5.74) is 0. The quantitative estimate of drug-likeness (QED) is 0.566. The number of ether oxygens (including phenoxy) is 1. The normalized spacial score (nSPS) is 15.8. The third-order valence-electron chi connectivity index (χ3n) is 3.20. The molecule has 3 atom stereocenters. The van der Waals surface area contributed by atoms with E-state index in [1.807, 2.05) is 6.92 Å². The number of rotatable bonds is 8.